The number of benzene rings is 2. The lowest BCUT2D eigenvalue weighted by Crippen LogP contribution is -2.15. The predicted molar refractivity (Wildman–Crippen MR) is 129 cm³/mol. The van der Waals surface area contributed by atoms with E-state index in [1.807, 2.05) is 57.3 Å². The summed E-state index contributed by atoms with van der Waals surface area (Å²) in [6.45, 7) is 4.76. The third-order valence-electron chi connectivity index (χ3n) is 4.74. The molecule has 0 aliphatic rings. The van der Waals surface area contributed by atoms with Crippen LogP contribution in [0.15, 0.2) is 59.9 Å². The van der Waals surface area contributed by atoms with Crippen molar-refractivity contribution in [1.29, 1.82) is 0 Å². The Bertz CT molecular complexity index is 1210. The molecular weight excluding hydrogens is 426 g/mol. The molecule has 2 heterocycles. The second-order valence-corrected chi connectivity index (χ2v) is 9.27. The summed E-state index contributed by atoms with van der Waals surface area (Å²) in [5.74, 6) is 0.212. The summed E-state index contributed by atoms with van der Waals surface area (Å²) in [5.41, 5.74) is 4.88. The lowest BCUT2D eigenvalue weighted by molar-refractivity contribution is -0.113. The third-order valence-corrected chi connectivity index (χ3v) is 7.03. The minimum atomic E-state index is -0.0589. The molecule has 0 aliphatic heterocycles. The van der Waals surface area contributed by atoms with Crippen LogP contribution in [0.5, 0.6) is 0 Å². The molecule has 0 bridgehead atoms. The molecular formula is C23H23N5OS2. The van der Waals surface area contributed by atoms with Gasteiger partial charge in [0.05, 0.1) is 5.75 Å². The third kappa shape index (κ3) is 5.21. The van der Waals surface area contributed by atoms with Gasteiger partial charge in [0.25, 0.3) is 0 Å². The quantitative estimate of drug-likeness (QED) is 0.314. The Balaban J connectivity index is 1.45. The van der Waals surface area contributed by atoms with Gasteiger partial charge in [0.1, 0.15) is 16.1 Å². The zero-order valence-electron chi connectivity index (χ0n) is 17.6. The van der Waals surface area contributed by atoms with Gasteiger partial charge in [-0.1, -0.05) is 65.6 Å². The van der Waals surface area contributed by atoms with Crippen molar-refractivity contribution in [1.82, 2.24) is 15.0 Å². The number of carbonyl (C=O) groups is 1. The number of nitrogens with zero attached hydrogens (tertiary/aromatic N) is 4. The molecule has 31 heavy (non-hydrogen) atoms. The smallest absolute Gasteiger partial charge is 0.234 e. The van der Waals surface area contributed by atoms with Crippen LogP contribution in [0.4, 0.5) is 10.8 Å². The van der Waals surface area contributed by atoms with Gasteiger partial charge < -0.3 is 10.2 Å². The molecule has 2 aromatic heterocycles. The van der Waals surface area contributed by atoms with E-state index in [4.69, 9.17) is 0 Å². The topological polar surface area (TPSA) is 71.0 Å². The Kier molecular flexibility index (Phi) is 6.48. The number of anilines is 2. The van der Waals surface area contributed by atoms with Crippen LogP contribution in [0, 0.1) is 13.8 Å². The summed E-state index contributed by atoms with van der Waals surface area (Å²) in [6.07, 6.45) is 1.51. The van der Waals surface area contributed by atoms with Crippen LogP contribution in [0.1, 0.15) is 16.7 Å². The molecule has 0 spiro atoms. The van der Waals surface area contributed by atoms with Crippen LogP contribution in [0.25, 0.3) is 10.3 Å². The summed E-state index contributed by atoms with van der Waals surface area (Å²) in [6, 6.07) is 16.3. The number of carbonyl (C=O) groups excluding carboxylic acids is 1. The minimum Gasteiger partial charge on any atom is -0.347 e. The first-order chi connectivity index (χ1) is 15.0. The average molecular weight is 450 g/mol. The SMILES string of the molecule is Cc1ccc(C)c(NC(=O)CSc2ncnc3nc(N(C)Cc4ccccc4)sc23)c1. The largest absolute Gasteiger partial charge is 0.347 e. The Morgan fingerprint density at radius 2 is 1.94 bits per heavy atom. The van der Waals surface area contributed by atoms with Crippen molar-refractivity contribution in [2.24, 2.45) is 0 Å². The predicted octanol–water partition coefficient (Wildman–Crippen LogP) is 5.07. The number of hydrogen-bond acceptors (Lipinski definition) is 7. The molecule has 6 nitrogen and oxygen atoms in total. The molecule has 0 radical (unpaired) electrons. The van der Waals surface area contributed by atoms with E-state index in [2.05, 4.69) is 37.3 Å². The zero-order valence-corrected chi connectivity index (χ0v) is 19.3. The normalized spacial score (nSPS) is 10.9. The fourth-order valence-corrected chi connectivity index (χ4v) is 4.95. The van der Waals surface area contributed by atoms with Gasteiger partial charge >= 0.3 is 0 Å². The summed E-state index contributed by atoms with van der Waals surface area (Å²) in [5, 5.41) is 4.65. The number of hydrogen-bond donors (Lipinski definition) is 1. The maximum absolute atomic E-state index is 12.5. The molecule has 158 valence electrons. The molecule has 0 fully saturated rings. The van der Waals surface area contributed by atoms with Gasteiger partial charge in [0.2, 0.25) is 5.91 Å². The summed E-state index contributed by atoms with van der Waals surface area (Å²) in [7, 11) is 2.02. The van der Waals surface area contributed by atoms with Crippen molar-refractivity contribution in [2.45, 2.75) is 25.4 Å². The van der Waals surface area contributed by atoms with E-state index in [1.54, 1.807) is 11.3 Å². The monoisotopic (exact) mass is 449 g/mol. The van der Waals surface area contributed by atoms with Gasteiger partial charge in [-0.15, -0.1) is 0 Å². The minimum absolute atomic E-state index is 0.0589. The molecule has 1 N–H and O–H groups in total. The highest BCUT2D eigenvalue weighted by molar-refractivity contribution is 8.00. The van der Waals surface area contributed by atoms with Crippen molar-refractivity contribution in [3.05, 3.63) is 71.5 Å². The van der Waals surface area contributed by atoms with E-state index in [9.17, 15) is 4.79 Å². The van der Waals surface area contributed by atoms with Gasteiger partial charge in [0.15, 0.2) is 10.8 Å². The van der Waals surface area contributed by atoms with E-state index in [0.717, 1.165) is 38.2 Å². The summed E-state index contributed by atoms with van der Waals surface area (Å²) >= 11 is 2.95. The van der Waals surface area contributed by atoms with Crippen molar-refractivity contribution in [2.75, 3.05) is 23.0 Å². The maximum atomic E-state index is 12.5. The fourth-order valence-electron chi connectivity index (χ4n) is 3.10. The number of aryl methyl sites for hydroxylation is 2. The highest BCUT2D eigenvalue weighted by Crippen LogP contribution is 2.33. The van der Waals surface area contributed by atoms with Crippen LogP contribution in [0.2, 0.25) is 0 Å². The second kappa shape index (κ2) is 9.45. The highest BCUT2D eigenvalue weighted by atomic mass is 32.2. The van der Waals surface area contributed by atoms with Gasteiger partial charge in [-0.05, 0) is 36.6 Å². The zero-order chi connectivity index (χ0) is 21.8. The first-order valence-electron chi connectivity index (χ1n) is 9.86. The molecule has 4 rings (SSSR count). The molecule has 8 heteroatoms. The van der Waals surface area contributed by atoms with E-state index in [-0.39, 0.29) is 11.7 Å². The number of amides is 1. The van der Waals surface area contributed by atoms with Crippen LogP contribution in [0.3, 0.4) is 0 Å². The lowest BCUT2D eigenvalue weighted by atomic mass is 10.1. The number of thioether (sulfide) groups is 1. The van der Waals surface area contributed by atoms with Gasteiger partial charge in [-0.2, -0.15) is 4.98 Å². The van der Waals surface area contributed by atoms with Crippen LogP contribution in [-0.4, -0.2) is 33.7 Å². The number of nitrogens with one attached hydrogen (secondary N) is 1. The molecule has 0 aliphatic carbocycles. The van der Waals surface area contributed by atoms with E-state index in [0.29, 0.717) is 5.65 Å². The number of rotatable bonds is 7. The first-order valence-corrected chi connectivity index (χ1v) is 11.7. The van der Waals surface area contributed by atoms with E-state index in [1.165, 1.54) is 23.7 Å². The Labute approximate surface area is 189 Å². The fraction of sp³-hybridized carbons (Fsp3) is 0.217. The van der Waals surface area contributed by atoms with Crippen molar-refractivity contribution in [3.8, 4) is 0 Å². The van der Waals surface area contributed by atoms with Crippen molar-refractivity contribution >= 4 is 50.2 Å². The molecule has 2 aromatic carbocycles. The number of thiazole rings is 1. The Morgan fingerprint density at radius 1 is 1.13 bits per heavy atom. The molecule has 0 atom stereocenters. The summed E-state index contributed by atoms with van der Waals surface area (Å²) in [4.78, 5) is 28.0. The van der Waals surface area contributed by atoms with E-state index < -0.39 is 0 Å². The molecule has 4 aromatic rings. The first kappa shape index (κ1) is 21.3. The Morgan fingerprint density at radius 3 is 2.74 bits per heavy atom. The van der Waals surface area contributed by atoms with Crippen LogP contribution in [-0.2, 0) is 11.3 Å². The summed E-state index contributed by atoms with van der Waals surface area (Å²) < 4.78 is 0.905. The van der Waals surface area contributed by atoms with Crippen LogP contribution >= 0.6 is 23.1 Å². The standard InChI is InChI=1S/C23H23N5OS2/c1-15-9-10-16(2)18(11-15)26-19(29)13-30-22-20-21(24-14-25-22)27-23(31-20)28(3)12-17-7-5-4-6-8-17/h4-11,14H,12-13H2,1-3H3,(H,26,29). The van der Waals surface area contributed by atoms with Gasteiger partial charge in [0, 0.05) is 19.3 Å². The van der Waals surface area contributed by atoms with Crippen molar-refractivity contribution in [3.63, 3.8) is 0 Å². The Hall–Kier alpha value is -2.97. The second-order valence-electron chi connectivity index (χ2n) is 7.32. The highest BCUT2D eigenvalue weighted by Gasteiger charge is 2.15. The van der Waals surface area contributed by atoms with Crippen LogP contribution < -0.4 is 10.2 Å². The van der Waals surface area contributed by atoms with Crippen molar-refractivity contribution < 1.29 is 4.79 Å². The molecule has 0 unspecified atom stereocenters. The number of fused-ring (bicyclic) bond motifs is 1. The molecule has 0 saturated carbocycles. The van der Waals surface area contributed by atoms with Gasteiger partial charge in [-0.3, -0.25) is 4.79 Å². The molecule has 0 saturated heterocycles. The number of aromatic nitrogens is 3. The van der Waals surface area contributed by atoms with Gasteiger partial charge in [-0.25, -0.2) is 9.97 Å². The maximum Gasteiger partial charge on any atom is 0.234 e. The lowest BCUT2D eigenvalue weighted by Gasteiger charge is -2.15. The molecule has 1 amide bonds. The average Bonchev–Trinajstić information content (AvgIpc) is 3.21. The van der Waals surface area contributed by atoms with E-state index >= 15 is 0 Å².